The number of nitrogens with one attached hydrogen (secondary N) is 3. The van der Waals surface area contributed by atoms with Gasteiger partial charge < -0.3 is 20.0 Å². The van der Waals surface area contributed by atoms with Crippen LogP contribution in [0, 0.1) is 0 Å². The summed E-state index contributed by atoms with van der Waals surface area (Å²) in [5.41, 5.74) is 2.30. The highest BCUT2D eigenvalue weighted by atomic mass is 127. The number of aromatic nitrogens is 1. The molecule has 0 radical (unpaired) electrons. The van der Waals surface area contributed by atoms with Crippen LogP contribution in [0.4, 0.5) is 0 Å². The highest BCUT2D eigenvalue weighted by Gasteiger charge is 2.24. The third-order valence-electron chi connectivity index (χ3n) is 5.42. The summed E-state index contributed by atoms with van der Waals surface area (Å²) in [6.45, 7) is 3.70. The zero-order valence-corrected chi connectivity index (χ0v) is 19.2. The van der Waals surface area contributed by atoms with Gasteiger partial charge in [0.15, 0.2) is 5.96 Å². The minimum atomic E-state index is 0. The Hall–Kier alpha value is -2.00. The summed E-state index contributed by atoms with van der Waals surface area (Å²) in [5.74, 6) is 1.81. The van der Waals surface area contributed by atoms with Crippen molar-refractivity contribution in [2.45, 2.75) is 31.8 Å². The standard InChI is InChI=1S/C22H29N5O.HI/c1-23-22(24-15-18-14-17-8-3-4-9-19(17)26-18)25-16-20(21-10-7-13-28-21)27-11-5-2-6-12-27;/h3-4,7-10,13-14,20,26H,2,5-6,11-12,15-16H2,1H3,(H2,23,24,25);1H. The molecule has 156 valence electrons. The van der Waals surface area contributed by atoms with E-state index in [1.165, 1.54) is 24.6 Å². The van der Waals surface area contributed by atoms with E-state index in [2.05, 4.69) is 55.8 Å². The lowest BCUT2D eigenvalue weighted by Crippen LogP contribution is -2.44. The molecule has 1 atom stereocenters. The number of furan rings is 1. The van der Waals surface area contributed by atoms with Crippen molar-refractivity contribution in [2.75, 3.05) is 26.7 Å². The summed E-state index contributed by atoms with van der Waals surface area (Å²) in [6, 6.07) is 14.8. The Labute approximate surface area is 189 Å². The number of halogens is 1. The van der Waals surface area contributed by atoms with Gasteiger partial charge in [0.2, 0.25) is 0 Å². The van der Waals surface area contributed by atoms with E-state index in [0.29, 0.717) is 6.54 Å². The molecular weight excluding hydrogens is 477 g/mol. The van der Waals surface area contributed by atoms with Gasteiger partial charge in [-0.1, -0.05) is 24.6 Å². The molecule has 3 heterocycles. The van der Waals surface area contributed by atoms with Gasteiger partial charge in [0, 0.05) is 24.8 Å². The van der Waals surface area contributed by atoms with Crippen molar-refractivity contribution in [1.82, 2.24) is 20.5 Å². The average Bonchev–Trinajstić information content (AvgIpc) is 3.41. The Morgan fingerprint density at radius 3 is 2.69 bits per heavy atom. The van der Waals surface area contributed by atoms with Crippen molar-refractivity contribution >= 4 is 40.8 Å². The topological polar surface area (TPSA) is 68.6 Å². The summed E-state index contributed by atoms with van der Waals surface area (Å²) in [7, 11) is 1.81. The molecule has 6 nitrogen and oxygen atoms in total. The van der Waals surface area contributed by atoms with E-state index in [1.54, 1.807) is 6.26 Å². The first kappa shape index (κ1) is 21.7. The molecule has 4 rings (SSSR count). The Kier molecular flexibility index (Phi) is 8.00. The number of hydrogen-bond acceptors (Lipinski definition) is 3. The highest BCUT2D eigenvalue weighted by molar-refractivity contribution is 14.0. The van der Waals surface area contributed by atoms with Crippen LogP contribution in [0.15, 0.2) is 58.1 Å². The van der Waals surface area contributed by atoms with Crippen molar-refractivity contribution < 1.29 is 4.42 Å². The largest absolute Gasteiger partial charge is 0.468 e. The molecule has 0 spiro atoms. The SMILES string of the molecule is CN=C(NCc1cc2ccccc2[nH]1)NCC(c1ccco1)N1CCCCC1.I. The van der Waals surface area contributed by atoms with E-state index in [-0.39, 0.29) is 30.0 Å². The van der Waals surface area contributed by atoms with Crippen molar-refractivity contribution in [3.8, 4) is 0 Å². The number of aliphatic imine (C=N–C) groups is 1. The van der Waals surface area contributed by atoms with Gasteiger partial charge in [0.1, 0.15) is 5.76 Å². The molecule has 1 unspecified atom stereocenters. The molecule has 3 N–H and O–H groups in total. The van der Waals surface area contributed by atoms with E-state index in [0.717, 1.165) is 42.6 Å². The predicted octanol–water partition coefficient (Wildman–Crippen LogP) is 4.27. The number of likely N-dealkylation sites (tertiary alicyclic amines) is 1. The molecule has 1 aliphatic heterocycles. The Morgan fingerprint density at radius 1 is 1.14 bits per heavy atom. The molecule has 1 aromatic carbocycles. The van der Waals surface area contributed by atoms with Gasteiger partial charge in [-0.15, -0.1) is 24.0 Å². The van der Waals surface area contributed by atoms with Gasteiger partial charge in [-0.2, -0.15) is 0 Å². The smallest absolute Gasteiger partial charge is 0.191 e. The van der Waals surface area contributed by atoms with E-state index in [1.807, 2.05) is 19.2 Å². The zero-order chi connectivity index (χ0) is 19.2. The molecule has 0 bridgehead atoms. The second kappa shape index (κ2) is 10.7. The van der Waals surface area contributed by atoms with E-state index in [4.69, 9.17) is 4.42 Å². The number of guanidine groups is 1. The molecule has 1 fully saturated rings. The molecule has 1 saturated heterocycles. The Balaban J connectivity index is 0.00000240. The van der Waals surface area contributed by atoms with E-state index >= 15 is 0 Å². The lowest BCUT2D eigenvalue weighted by Gasteiger charge is -2.33. The van der Waals surface area contributed by atoms with Crippen LogP contribution >= 0.6 is 24.0 Å². The first-order chi connectivity index (χ1) is 13.8. The normalized spacial score (nSPS) is 16.4. The third-order valence-corrected chi connectivity index (χ3v) is 5.42. The number of hydrogen-bond donors (Lipinski definition) is 3. The number of benzene rings is 1. The van der Waals surface area contributed by atoms with Crippen LogP contribution in [0.25, 0.3) is 10.9 Å². The summed E-state index contributed by atoms with van der Waals surface area (Å²) < 4.78 is 5.73. The van der Waals surface area contributed by atoms with Gasteiger partial charge in [0.25, 0.3) is 0 Å². The van der Waals surface area contributed by atoms with Crippen molar-refractivity contribution in [3.05, 3.63) is 60.2 Å². The number of H-pyrrole nitrogens is 1. The van der Waals surface area contributed by atoms with Crippen LogP contribution in [0.2, 0.25) is 0 Å². The van der Waals surface area contributed by atoms with Crippen molar-refractivity contribution in [2.24, 2.45) is 4.99 Å². The molecule has 3 aromatic rings. The van der Waals surface area contributed by atoms with Crippen molar-refractivity contribution in [3.63, 3.8) is 0 Å². The average molecular weight is 507 g/mol. The molecule has 7 heteroatoms. The van der Waals surface area contributed by atoms with Crippen LogP contribution in [0.5, 0.6) is 0 Å². The fourth-order valence-corrected chi connectivity index (χ4v) is 3.94. The Morgan fingerprint density at radius 2 is 1.97 bits per heavy atom. The maximum absolute atomic E-state index is 5.73. The minimum absolute atomic E-state index is 0. The number of rotatable bonds is 6. The van der Waals surface area contributed by atoms with Gasteiger partial charge in [0.05, 0.1) is 18.8 Å². The van der Waals surface area contributed by atoms with Crippen LogP contribution in [-0.4, -0.2) is 42.5 Å². The molecule has 0 saturated carbocycles. The molecule has 0 amide bonds. The van der Waals surface area contributed by atoms with Crippen LogP contribution in [0.1, 0.15) is 36.8 Å². The fourth-order valence-electron chi connectivity index (χ4n) is 3.94. The Bertz CT molecular complexity index is 866. The summed E-state index contributed by atoms with van der Waals surface area (Å²) in [5, 5.41) is 8.12. The minimum Gasteiger partial charge on any atom is -0.468 e. The molecule has 29 heavy (non-hydrogen) atoms. The predicted molar refractivity (Wildman–Crippen MR) is 129 cm³/mol. The van der Waals surface area contributed by atoms with Crippen LogP contribution in [0.3, 0.4) is 0 Å². The number of aromatic amines is 1. The highest BCUT2D eigenvalue weighted by Crippen LogP contribution is 2.24. The lowest BCUT2D eigenvalue weighted by molar-refractivity contribution is 0.146. The summed E-state index contributed by atoms with van der Waals surface area (Å²) in [6.07, 6.45) is 5.59. The van der Waals surface area contributed by atoms with E-state index in [9.17, 15) is 0 Å². The molecule has 0 aliphatic carbocycles. The number of piperidine rings is 1. The number of fused-ring (bicyclic) bond motifs is 1. The third kappa shape index (κ3) is 5.54. The number of nitrogens with zero attached hydrogens (tertiary/aromatic N) is 2. The van der Waals surface area contributed by atoms with Gasteiger partial charge in [-0.25, -0.2) is 0 Å². The summed E-state index contributed by atoms with van der Waals surface area (Å²) >= 11 is 0. The van der Waals surface area contributed by atoms with Crippen LogP contribution in [-0.2, 0) is 6.54 Å². The van der Waals surface area contributed by atoms with Crippen LogP contribution < -0.4 is 10.6 Å². The second-order valence-electron chi connectivity index (χ2n) is 7.32. The lowest BCUT2D eigenvalue weighted by atomic mass is 10.1. The maximum Gasteiger partial charge on any atom is 0.191 e. The zero-order valence-electron chi connectivity index (χ0n) is 16.9. The van der Waals surface area contributed by atoms with Crippen molar-refractivity contribution in [1.29, 1.82) is 0 Å². The molecular formula is C22H30IN5O. The van der Waals surface area contributed by atoms with Gasteiger partial charge >= 0.3 is 0 Å². The van der Waals surface area contributed by atoms with E-state index < -0.39 is 0 Å². The summed E-state index contributed by atoms with van der Waals surface area (Å²) in [4.78, 5) is 10.3. The first-order valence-corrected chi connectivity index (χ1v) is 10.1. The maximum atomic E-state index is 5.73. The van der Waals surface area contributed by atoms with Gasteiger partial charge in [-0.3, -0.25) is 9.89 Å². The van der Waals surface area contributed by atoms with Gasteiger partial charge in [-0.05, 0) is 55.6 Å². The fraction of sp³-hybridized carbons (Fsp3) is 0.409. The first-order valence-electron chi connectivity index (χ1n) is 10.1. The second-order valence-corrected chi connectivity index (χ2v) is 7.32. The monoisotopic (exact) mass is 507 g/mol. The number of para-hydroxylation sites is 1. The molecule has 1 aliphatic rings. The quantitative estimate of drug-likeness (QED) is 0.265. The molecule has 2 aromatic heterocycles.